The number of para-hydroxylation sites is 1. The Kier molecular flexibility index (Phi) is 6.06. The normalized spacial score (nSPS) is 11.2. The molecule has 2 aromatic carbocycles. The molecule has 2 rings (SSSR count). The number of nitrogens with two attached hydrogens (primary N) is 1. The summed E-state index contributed by atoms with van der Waals surface area (Å²) in [6.45, 7) is 0. The van der Waals surface area contributed by atoms with Crippen LogP contribution in [-0.4, -0.2) is 12.0 Å². The van der Waals surface area contributed by atoms with Gasteiger partial charge in [-0.1, -0.05) is 48.5 Å². The molecule has 0 saturated heterocycles. The Hall–Kier alpha value is -1.84. The van der Waals surface area contributed by atoms with E-state index in [0.29, 0.717) is 12.2 Å². The number of esters is 1. The summed E-state index contributed by atoms with van der Waals surface area (Å²) in [5, 5.41) is 0. The molecule has 1 atom stereocenters. The molecule has 0 aliphatic rings. The monoisotopic (exact) mass is 277 g/mol. The van der Waals surface area contributed by atoms with Crippen molar-refractivity contribution in [2.45, 2.75) is 12.5 Å². The van der Waals surface area contributed by atoms with Crippen LogP contribution in [0.15, 0.2) is 60.7 Å². The van der Waals surface area contributed by atoms with Gasteiger partial charge in [-0.15, -0.1) is 12.4 Å². The molecule has 0 heterocycles. The summed E-state index contributed by atoms with van der Waals surface area (Å²) >= 11 is 0. The van der Waals surface area contributed by atoms with E-state index in [1.165, 1.54) is 0 Å². The minimum absolute atomic E-state index is 0. The van der Waals surface area contributed by atoms with Crippen molar-refractivity contribution in [3.63, 3.8) is 0 Å². The lowest BCUT2D eigenvalue weighted by molar-refractivity contribution is -0.135. The van der Waals surface area contributed by atoms with Crippen molar-refractivity contribution in [1.82, 2.24) is 0 Å². The second kappa shape index (κ2) is 7.56. The second-order valence-electron chi connectivity index (χ2n) is 4.03. The number of hydrogen-bond donors (Lipinski definition) is 1. The van der Waals surface area contributed by atoms with E-state index in [0.717, 1.165) is 5.56 Å². The summed E-state index contributed by atoms with van der Waals surface area (Å²) < 4.78 is 5.18. The van der Waals surface area contributed by atoms with Crippen molar-refractivity contribution >= 4 is 18.4 Å². The first-order valence-electron chi connectivity index (χ1n) is 5.82. The van der Waals surface area contributed by atoms with Gasteiger partial charge in [0.1, 0.15) is 11.8 Å². The predicted molar refractivity (Wildman–Crippen MR) is 77.4 cm³/mol. The van der Waals surface area contributed by atoms with Gasteiger partial charge in [-0.25, -0.2) is 4.79 Å². The van der Waals surface area contributed by atoms with Gasteiger partial charge in [0, 0.05) is 0 Å². The van der Waals surface area contributed by atoms with Crippen LogP contribution in [0.3, 0.4) is 0 Å². The molecule has 0 aliphatic carbocycles. The zero-order valence-electron chi connectivity index (χ0n) is 10.4. The van der Waals surface area contributed by atoms with Gasteiger partial charge >= 0.3 is 5.97 Å². The van der Waals surface area contributed by atoms with Gasteiger partial charge in [-0.05, 0) is 24.1 Å². The zero-order valence-corrected chi connectivity index (χ0v) is 11.2. The number of carbonyl (C=O) groups excluding carboxylic acids is 1. The first-order chi connectivity index (χ1) is 8.75. The highest BCUT2D eigenvalue weighted by Crippen LogP contribution is 2.10. The molecule has 3 nitrogen and oxygen atoms in total. The molecule has 0 amide bonds. The maximum atomic E-state index is 11.8. The van der Waals surface area contributed by atoms with Crippen LogP contribution in [0.5, 0.6) is 5.75 Å². The number of carbonyl (C=O) groups is 1. The third-order valence-corrected chi connectivity index (χ3v) is 2.56. The van der Waals surface area contributed by atoms with E-state index < -0.39 is 12.0 Å². The molecule has 2 aromatic rings. The lowest BCUT2D eigenvalue weighted by Gasteiger charge is -2.11. The first-order valence-corrected chi connectivity index (χ1v) is 5.82. The Labute approximate surface area is 118 Å². The van der Waals surface area contributed by atoms with Crippen LogP contribution < -0.4 is 10.5 Å². The van der Waals surface area contributed by atoms with Crippen molar-refractivity contribution in [2.24, 2.45) is 5.73 Å². The second-order valence-corrected chi connectivity index (χ2v) is 4.03. The third kappa shape index (κ3) is 4.73. The topological polar surface area (TPSA) is 52.3 Å². The lowest BCUT2D eigenvalue weighted by Crippen LogP contribution is -2.36. The summed E-state index contributed by atoms with van der Waals surface area (Å²) in [5.41, 5.74) is 6.85. The fraction of sp³-hybridized carbons (Fsp3) is 0.133. The molecule has 2 N–H and O–H groups in total. The van der Waals surface area contributed by atoms with Gasteiger partial charge in [-0.3, -0.25) is 0 Å². The van der Waals surface area contributed by atoms with Gasteiger partial charge in [0.05, 0.1) is 0 Å². The SMILES string of the molecule is Cl.N[C@@H](Cc1ccccc1)C(=O)Oc1ccccc1. The van der Waals surface area contributed by atoms with E-state index in [1.807, 2.05) is 48.5 Å². The van der Waals surface area contributed by atoms with Crippen molar-refractivity contribution in [3.8, 4) is 5.75 Å². The van der Waals surface area contributed by atoms with Crippen molar-refractivity contribution in [1.29, 1.82) is 0 Å². The molecule has 0 fully saturated rings. The minimum atomic E-state index is -0.646. The van der Waals surface area contributed by atoms with Gasteiger partial charge in [-0.2, -0.15) is 0 Å². The number of rotatable bonds is 4. The quantitative estimate of drug-likeness (QED) is 0.690. The largest absolute Gasteiger partial charge is 0.425 e. The molecule has 0 aliphatic heterocycles. The average Bonchev–Trinajstić information content (AvgIpc) is 2.41. The van der Waals surface area contributed by atoms with Crippen LogP contribution in [-0.2, 0) is 11.2 Å². The fourth-order valence-electron chi connectivity index (χ4n) is 1.63. The van der Waals surface area contributed by atoms with E-state index in [-0.39, 0.29) is 12.4 Å². The molecule has 0 aromatic heterocycles. The number of ether oxygens (including phenoxy) is 1. The third-order valence-electron chi connectivity index (χ3n) is 2.56. The van der Waals surface area contributed by atoms with E-state index in [1.54, 1.807) is 12.1 Å². The molecular formula is C15H16ClNO2. The van der Waals surface area contributed by atoms with Gasteiger partial charge in [0.25, 0.3) is 0 Å². The number of halogens is 1. The molecule has 0 radical (unpaired) electrons. The highest BCUT2D eigenvalue weighted by atomic mass is 35.5. The van der Waals surface area contributed by atoms with E-state index in [9.17, 15) is 4.79 Å². The van der Waals surface area contributed by atoms with Crippen molar-refractivity contribution in [3.05, 3.63) is 66.2 Å². The van der Waals surface area contributed by atoms with Gasteiger partial charge in [0.15, 0.2) is 0 Å². The van der Waals surface area contributed by atoms with Crippen LogP contribution >= 0.6 is 12.4 Å². The maximum absolute atomic E-state index is 11.8. The Balaban J connectivity index is 0.00000180. The highest BCUT2D eigenvalue weighted by molar-refractivity contribution is 5.85. The Morgan fingerprint density at radius 3 is 2.11 bits per heavy atom. The summed E-state index contributed by atoms with van der Waals surface area (Å²) in [6, 6.07) is 17.9. The van der Waals surface area contributed by atoms with Crippen molar-refractivity contribution in [2.75, 3.05) is 0 Å². The maximum Gasteiger partial charge on any atom is 0.328 e. The van der Waals surface area contributed by atoms with Crippen LogP contribution in [0.25, 0.3) is 0 Å². The summed E-state index contributed by atoms with van der Waals surface area (Å²) in [5.74, 6) is 0.107. The molecule has 0 unspecified atom stereocenters. The smallest absolute Gasteiger partial charge is 0.328 e. The lowest BCUT2D eigenvalue weighted by atomic mass is 10.1. The van der Waals surface area contributed by atoms with E-state index >= 15 is 0 Å². The average molecular weight is 278 g/mol. The number of hydrogen-bond acceptors (Lipinski definition) is 3. The fourth-order valence-corrected chi connectivity index (χ4v) is 1.63. The molecule has 4 heteroatoms. The molecule has 0 spiro atoms. The zero-order chi connectivity index (χ0) is 12.8. The standard InChI is InChI=1S/C15H15NO2.ClH/c16-14(11-12-7-3-1-4-8-12)15(17)18-13-9-5-2-6-10-13;/h1-10,14H,11,16H2;1H/t14-;/m0./s1. The summed E-state index contributed by atoms with van der Waals surface area (Å²) in [7, 11) is 0. The van der Waals surface area contributed by atoms with Crippen LogP contribution in [0.4, 0.5) is 0 Å². The predicted octanol–water partition coefficient (Wildman–Crippen LogP) is 2.58. The molecule has 100 valence electrons. The molecular weight excluding hydrogens is 262 g/mol. The summed E-state index contributed by atoms with van der Waals surface area (Å²) in [6.07, 6.45) is 0.479. The Morgan fingerprint density at radius 2 is 1.53 bits per heavy atom. The van der Waals surface area contributed by atoms with Crippen LogP contribution in [0.2, 0.25) is 0 Å². The molecule has 19 heavy (non-hydrogen) atoms. The van der Waals surface area contributed by atoms with Crippen LogP contribution in [0.1, 0.15) is 5.56 Å². The van der Waals surface area contributed by atoms with Crippen LogP contribution in [0, 0.1) is 0 Å². The minimum Gasteiger partial charge on any atom is -0.425 e. The van der Waals surface area contributed by atoms with Gasteiger partial charge < -0.3 is 10.5 Å². The molecule has 0 saturated carbocycles. The van der Waals surface area contributed by atoms with Gasteiger partial charge in [0.2, 0.25) is 0 Å². The first kappa shape index (κ1) is 15.2. The highest BCUT2D eigenvalue weighted by Gasteiger charge is 2.16. The molecule has 0 bridgehead atoms. The van der Waals surface area contributed by atoms with Crippen molar-refractivity contribution < 1.29 is 9.53 Å². The van der Waals surface area contributed by atoms with E-state index in [4.69, 9.17) is 10.5 Å². The Morgan fingerprint density at radius 1 is 1.00 bits per heavy atom. The Bertz CT molecular complexity index is 502. The van der Waals surface area contributed by atoms with E-state index in [2.05, 4.69) is 0 Å². The number of benzene rings is 2. The summed E-state index contributed by atoms with van der Waals surface area (Å²) in [4.78, 5) is 11.8.